The first-order valence-electron chi connectivity index (χ1n) is 5.93. The van der Waals surface area contributed by atoms with E-state index < -0.39 is 0 Å². The van der Waals surface area contributed by atoms with Gasteiger partial charge >= 0.3 is 6.03 Å². The normalized spacial score (nSPS) is 16.5. The van der Waals surface area contributed by atoms with Gasteiger partial charge in [0, 0.05) is 23.6 Å². The highest BCUT2D eigenvalue weighted by Gasteiger charge is 2.22. The minimum Gasteiger partial charge on any atom is -0.380 e. The number of piperidine rings is 1. The molecule has 1 heterocycles. The summed E-state index contributed by atoms with van der Waals surface area (Å²) < 4.78 is 13.7. The lowest BCUT2D eigenvalue weighted by molar-refractivity contribution is 0.193. The summed E-state index contributed by atoms with van der Waals surface area (Å²) in [4.78, 5) is 12.6. The van der Waals surface area contributed by atoms with Crippen LogP contribution in [0.3, 0.4) is 0 Å². The molecule has 0 unspecified atom stereocenters. The second-order valence-corrected chi connectivity index (χ2v) is 5.75. The Kier molecular flexibility index (Phi) is 4.52. The molecule has 4 nitrogen and oxygen atoms in total. The van der Waals surface area contributed by atoms with Gasteiger partial charge in [-0.25, -0.2) is 9.18 Å². The van der Waals surface area contributed by atoms with Gasteiger partial charge in [0.15, 0.2) is 0 Å². The van der Waals surface area contributed by atoms with Crippen LogP contribution in [-0.2, 0) is 0 Å². The molecule has 3 N–H and O–H groups in total. The van der Waals surface area contributed by atoms with Gasteiger partial charge in [0.25, 0.3) is 0 Å². The van der Waals surface area contributed by atoms with Crippen LogP contribution < -0.4 is 11.1 Å². The number of carbonyl (C=O) groups is 1. The summed E-state index contributed by atoms with van der Waals surface area (Å²) in [5, 5.41) is 3.62. The number of urea groups is 1. The fraction of sp³-hybridized carbons (Fsp3) is 0.417. The van der Waals surface area contributed by atoms with E-state index in [-0.39, 0.29) is 17.9 Å². The second kappa shape index (κ2) is 5.96. The van der Waals surface area contributed by atoms with Crippen molar-refractivity contribution < 1.29 is 9.18 Å². The third-order valence-corrected chi connectivity index (χ3v) is 4.09. The number of benzene rings is 1. The van der Waals surface area contributed by atoms with Crippen LogP contribution in [0, 0.1) is 5.82 Å². The first-order valence-corrected chi connectivity index (χ1v) is 7.10. The molecule has 1 aromatic rings. The molecule has 104 valence electrons. The van der Waals surface area contributed by atoms with Crippen LogP contribution in [0.1, 0.15) is 12.8 Å². The van der Waals surface area contributed by atoms with Gasteiger partial charge in [-0.1, -0.05) is 11.6 Å². The Morgan fingerprint density at radius 3 is 2.63 bits per heavy atom. The molecule has 2 amide bonds. The Bertz CT molecular complexity index is 469. The van der Waals surface area contributed by atoms with E-state index in [0.29, 0.717) is 28.3 Å². The third kappa shape index (κ3) is 3.51. The molecule has 19 heavy (non-hydrogen) atoms. The van der Waals surface area contributed by atoms with Crippen molar-refractivity contribution in [2.75, 3.05) is 18.4 Å². The number of likely N-dealkylation sites (tertiary alicyclic amines) is 1. The highest BCUT2D eigenvalue weighted by Crippen LogP contribution is 2.33. The molecule has 1 aromatic carbocycles. The summed E-state index contributed by atoms with van der Waals surface area (Å²) in [6, 6.07) is 2.44. The van der Waals surface area contributed by atoms with Gasteiger partial charge < -0.3 is 16.0 Å². The maximum absolute atomic E-state index is 13.1. The average Bonchev–Trinajstić information content (AvgIpc) is 2.34. The zero-order valence-electron chi connectivity index (χ0n) is 10.1. The van der Waals surface area contributed by atoms with Gasteiger partial charge in [0.05, 0.1) is 10.7 Å². The van der Waals surface area contributed by atoms with Gasteiger partial charge in [-0.05, 0) is 40.9 Å². The predicted molar refractivity (Wildman–Crippen MR) is 76.9 cm³/mol. The number of anilines is 1. The maximum Gasteiger partial charge on any atom is 0.314 e. The van der Waals surface area contributed by atoms with E-state index in [0.717, 1.165) is 12.8 Å². The maximum atomic E-state index is 13.1. The lowest BCUT2D eigenvalue weighted by Gasteiger charge is -2.32. The van der Waals surface area contributed by atoms with Gasteiger partial charge in [-0.15, -0.1) is 0 Å². The molecule has 2 rings (SSSR count). The van der Waals surface area contributed by atoms with E-state index in [9.17, 15) is 9.18 Å². The van der Waals surface area contributed by atoms with Crippen LogP contribution in [-0.4, -0.2) is 30.1 Å². The monoisotopic (exact) mass is 349 g/mol. The highest BCUT2D eigenvalue weighted by atomic mass is 79.9. The molecule has 1 aliphatic heterocycles. The van der Waals surface area contributed by atoms with Crippen molar-refractivity contribution in [3.63, 3.8) is 0 Å². The first kappa shape index (κ1) is 14.4. The minimum atomic E-state index is -0.389. The van der Waals surface area contributed by atoms with Crippen LogP contribution in [0.2, 0.25) is 5.02 Å². The van der Waals surface area contributed by atoms with E-state index >= 15 is 0 Å². The molecule has 1 saturated heterocycles. The number of nitrogens with two attached hydrogens (primary N) is 1. The summed E-state index contributed by atoms with van der Waals surface area (Å²) in [5.74, 6) is -0.383. The molecule has 1 aliphatic rings. The van der Waals surface area contributed by atoms with E-state index in [2.05, 4.69) is 21.2 Å². The largest absolute Gasteiger partial charge is 0.380 e. The molecule has 0 aromatic heterocycles. The Labute approximate surface area is 124 Å². The summed E-state index contributed by atoms with van der Waals surface area (Å²) >= 11 is 9.30. The smallest absolute Gasteiger partial charge is 0.314 e. The van der Waals surface area contributed by atoms with Crippen molar-refractivity contribution in [1.29, 1.82) is 0 Å². The number of rotatable bonds is 2. The molecule has 0 aliphatic carbocycles. The molecule has 0 radical (unpaired) electrons. The van der Waals surface area contributed by atoms with Crippen molar-refractivity contribution in [1.82, 2.24) is 4.90 Å². The number of hydrogen-bond donors (Lipinski definition) is 2. The molecule has 0 saturated carbocycles. The van der Waals surface area contributed by atoms with Crippen LogP contribution in [0.4, 0.5) is 14.9 Å². The van der Waals surface area contributed by atoms with E-state index in [4.69, 9.17) is 17.3 Å². The summed E-state index contributed by atoms with van der Waals surface area (Å²) in [6.07, 6.45) is 1.56. The zero-order chi connectivity index (χ0) is 14.0. The second-order valence-electron chi connectivity index (χ2n) is 4.49. The van der Waals surface area contributed by atoms with Crippen molar-refractivity contribution in [2.24, 2.45) is 5.73 Å². The summed E-state index contributed by atoms with van der Waals surface area (Å²) in [7, 11) is 0. The van der Waals surface area contributed by atoms with Crippen molar-refractivity contribution in [3.8, 4) is 0 Å². The van der Waals surface area contributed by atoms with Crippen LogP contribution in [0.25, 0.3) is 0 Å². The van der Waals surface area contributed by atoms with Gasteiger partial charge in [0.1, 0.15) is 5.82 Å². The van der Waals surface area contributed by atoms with Crippen LogP contribution >= 0.6 is 27.5 Å². The number of amides is 2. The number of carbonyl (C=O) groups excluding carboxylic acids is 1. The molecule has 0 bridgehead atoms. The molecular weight excluding hydrogens is 337 g/mol. The molecule has 7 heteroatoms. The van der Waals surface area contributed by atoms with E-state index in [1.807, 2.05) is 0 Å². The Hall–Kier alpha value is -1.01. The third-order valence-electron chi connectivity index (χ3n) is 3.16. The van der Waals surface area contributed by atoms with E-state index in [1.165, 1.54) is 12.1 Å². The van der Waals surface area contributed by atoms with Crippen molar-refractivity contribution in [2.45, 2.75) is 18.9 Å². The van der Waals surface area contributed by atoms with Crippen molar-refractivity contribution >= 4 is 39.2 Å². The molecular formula is C12H14BrClFN3O. The van der Waals surface area contributed by atoms with E-state index in [1.54, 1.807) is 4.90 Å². The molecule has 1 fully saturated rings. The molecule has 0 spiro atoms. The highest BCUT2D eigenvalue weighted by molar-refractivity contribution is 9.10. The lowest BCUT2D eigenvalue weighted by Crippen LogP contribution is -2.44. The number of nitrogens with one attached hydrogen (secondary N) is 1. The van der Waals surface area contributed by atoms with Gasteiger partial charge in [-0.3, -0.25) is 0 Å². The standard InChI is InChI=1S/C12H14BrClFN3O/c13-9-5-7(15)6-10(14)11(9)17-8-1-3-18(4-2-8)12(16)19/h5-6,8,17H,1-4H2,(H2,16,19). The fourth-order valence-electron chi connectivity index (χ4n) is 2.13. The minimum absolute atomic E-state index is 0.190. The van der Waals surface area contributed by atoms with Crippen LogP contribution in [0.15, 0.2) is 16.6 Å². The zero-order valence-corrected chi connectivity index (χ0v) is 12.5. The first-order chi connectivity index (χ1) is 8.97. The quantitative estimate of drug-likeness (QED) is 0.860. The number of primary amides is 1. The number of hydrogen-bond acceptors (Lipinski definition) is 2. The topological polar surface area (TPSA) is 58.4 Å². The molecule has 0 atom stereocenters. The SMILES string of the molecule is NC(=O)N1CCC(Nc2c(Cl)cc(F)cc2Br)CC1. The Morgan fingerprint density at radius 2 is 2.11 bits per heavy atom. The fourth-order valence-corrected chi connectivity index (χ4v) is 3.05. The van der Waals surface area contributed by atoms with Crippen molar-refractivity contribution in [3.05, 3.63) is 27.4 Å². The van der Waals surface area contributed by atoms with Crippen LogP contribution in [0.5, 0.6) is 0 Å². The summed E-state index contributed by atoms with van der Waals surface area (Å²) in [5.41, 5.74) is 5.91. The predicted octanol–water partition coefficient (Wildman–Crippen LogP) is 3.20. The average molecular weight is 351 g/mol. The van der Waals surface area contributed by atoms with Gasteiger partial charge in [0.2, 0.25) is 0 Å². The Morgan fingerprint density at radius 1 is 1.47 bits per heavy atom. The lowest BCUT2D eigenvalue weighted by atomic mass is 10.0. The number of nitrogens with zero attached hydrogens (tertiary/aromatic N) is 1. The van der Waals surface area contributed by atoms with Gasteiger partial charge in [-0.2, -0.15) is 0 Å². The number of halogens is 3. The Balaban J connectivity index is 2.02. The summed E-state index contributed by atoms with van der Waals surface area (Å²) in [6.45, 7) is 1.23.